The third-order valence-corrected chi connectivity index (χ3v) is 6.52. The quantitative estimate of drug-likeness (QED) is 0.574. The predicted octanol–water partition coefficient (Wildman–Crippen LogP) is 3.32. The minimum atomic E-state index is -3.74. The molecule has 0 fully saturated rings. The molecule has 0 aromatic heterocycles. The van der Waals surface area contributed by atoms with Crippen LogP contribution in [0.15, 0.2) is 42.5 Å². The summed E-state index contributed by atoms with van der Waals surface area (Å²) in [4.78, 5) is 27.8. The van der Waals surface area contributed by atoms with Crippen molar-refractivity contribution in [2.24, 2.45) is 0 Å². The summed E-state index contributed by atoms with van der Waals surface area (Å²) in [6, 6.07) is 12.4. The summed E-state index contributed by atoms with van der Waals surface area (Å²) in [5.41, 5.74) is 4.19. The van der Waals surface area contributed by atoms with Gasteiger partial charge in [-0.3, -0.25) is 13.9 Å². The smallest absolute Gasteiger partial charge is 0.244 e. The van der Waals surface area contributed by atoms with E-state index >= 15 is 0 Å². The minimum Gasteiger partial charge on any atom is -0.355 e. The second kappa shape index (κ2) is 11.3. The lowest BCUT2D eigenvalue weighted by molar-refractivity contribution is -0.140. The van der Waals surface area contributed by atoms with Crippen LogP contribution in [0.1, 0.15) is 42.5 Å². The van der Waals surface area contributed by atoms with Gasteiger partial charge in [0.1, 0.15) is 12.6 Å². The molecule has 2 amide bonds. The van der Waals surface area contributed by atoms with Gasteiger partial charge in [-0.1, -0.05) is 42.8 Å². The molecular weight excluding hydrogens is 438 g/mol. The van der Waals surface area contributed by atoms with Crippen LogP contribution in [0.5, 0.6) is 0 Å². The van der Waals surface area contributed by atoms with Gasteiger partial charge in [-0.2, -0.15) is 0 Å². The first kappa shape index (κ1) is 26.4. The van der Waals surface area contributed by atoms with E-state index in [0.717, 1.165) is 32.8 Å². The monoisotopic (exact) mass is 473 g/mol. The van der Waals surface area contributed by atoms with E-state index in [1.807, 2.05) is 65.0 Å². The second-order valence-corrected chi connectivity index (χ2v) is 10.3. The van der Waals surface area contributed by atoms with Crippen LogP contribution in [0.4, 0.5) is 5.69 Å². The standard InChI is InChI=1S/C25H35N3O4S/c1-7-23(25(30)26-8-2)27(16-21-11-9-18(3)10-12-21)24(29)17-28(33(6,31)32)22-14-19(4)13-20(5)15-22/h9-15,23H,7-8,16-17H2,1-6H3,(H,26,30). The molecule has 1 N–H and O–H groups in total. The molecular formula is C25H35N3O4S. The van der Waals surface area contributed by atoms with E-state index < -0.39 is 22.0 Å². The average molecular weight is 474 g/mol. The molecule has 1 atom stereocenters. The lowest BCUT2D eigenvalue weighted by atomic mass is 10.1. The fourth-order valence-corrected chi connectivity index (χ4v) is 4.64. The zero-order valence-corrected chi connectivity index (χ0v) is 21.2. The highest BCUT2D eigenvalue weighted by molar-refractivity contribution is 7.92. The van der Waals surface area contributed by atoms with E-state index in [9.17, 15) is 18.0 Å². The maximum absolute atomic E-state index is 13.6. The van der Waals surface area contributed by atoms with Crippen molar-refractivity contribution in [2.45, 2.75) is 53.6 Å². The number of hydrogen-bond acceptors (Lipinski definition) is 4. The minimum absolute atomic E-state index is 0.208. The van der Waals surface area contributed by atoms with Crippen molar-refractivity contribution < 1.29 is 18.0 Å². The molecule has 8 heteroatoms. The Morgan fingerprint density at radius 3 is 2.00 bits per heavy atom. The molecule has 0 radical (unpaired) electrons. The van der Waals surface area contributed by atoms with Crippen molar-refractivity contribution in [3.8, 4) is 0 Å². The van der Waals surface area contributed by atoms with E-state index in [0.29, 0.717) is 18.7 Å². The fraction of sp³-hybridized carbons (Fsp3) is 0.440. The summed E-state index contributed by atoms with van der Waals surface area (Å²) in [7, 11) is -3.74. The molecule has 0 heterocycles. The van der Waals surface area contributed by atoms with Gasteiger partial charge < -0.3 is 10.2 Å². The Bertz CT molecular complexity index is 1060. The van der Waals surface area contributed by atoms with Gasteiger partial charge in [0.2, 0.25) is 21.8 Å². The SMILES string of the molecule is CCNC(=O)C(CC)N(Cc1ccc(C)cc1)C(=O)CN(c1cc(C)cc(C)c1)S(C)(=O)=O. The van der Waals surface area contributed by atoms with Crippen molar-refractivity contribution in [3.05, 3.63) is 64.7 Å². The summed E-state index contributed by atoms with van der Waals surface area (Å²) in [6.07, 6.45) is 1.50. The lowest BCUT2D eigenvalue weighted by Crippen LogP contribution is -2.52. The number of aryl methyl sites for hydroxylation is 3. The molecule has 0 saturated carbocycles. The highest BCUT2D eigenvalue weighted by Crippen LogP contribution is 2.22. The van der Waals surface area contributed by atoms with Crippen LogP contribution in [0.2, 0.25) is 0 Å². The van der Waals surface area contributed by atoms with Crippen LogP contribution in [0, 0.1) is 20.8 Å². The van der Waals surface area contributed by atoms with E-state index in [1.54, 1.807) is 12.1 Å². The number of benzene rings is 2. The molecule has 0 bridgehead atoms. The number of hydrogen-bond donors (Lipinski definition) is 1. The van der Waals surface area contributed by atoms with E-state index in [4.69, 9.17) is 0 Å². The number of carbonyl (C=O) groups excluding carboxylic acids is 2. The number of nitrogens with zero attached hydrogens (tertiary/aromatic N) is 2. The molecule has 2 aromatic rings. The van der Waals surface area contributed by atoms with Gasteiger partial charge in [-0.05, 0) is 62.9 Å². The zero-order valence-electron chi connectivity index (χ0n) is 20.4. The van der Waals surface area contributed by atoms with Crippen molar-refractivity contribution in [1.82, 2.24) is 10.2 Å². The number of amides is 2. The molecule has 0 spiro atoms. The first-order valence-electron chi connectivity index (χ1n) is 11.1. The second-order valence-electron chi connectivity index (χ2n) is 8.44. The third-order valence-electron chi connectivity index (χ3n) is 5.38. The molecule has 0 aliphatic rings. The predicted molar refractivity (Wildman–Crippen MR) is 133 cm³/mol. The number of nitrogens with one attached hydrogen (secondary N) is 1. The third kappa shape index (κ3) is 7.32. The van der Waals surface area contributed by atoms with Crippen molar-refractivity contribution >= 4 is 27.5 Å². The Labute approximate surface area is 197 Å². The number of sulfonamides is 1. The van der Waals surface area contributed by atoms with E-state index in [2.05, 4.69) is 5.32 Å². The highest BCUT2D eigenvalue weighted by atomic mass is 32.2. The topological polar surface area (TPSA) is 86.8 Å². The number of rotatable bonds is 10. The summed E-state index contributed by atoms with van der Waals surface area (Å²) in [5.74, 6) is -0.684. The molecule has 33 heavy (non-hydrogen) atoms. The van der Waals surface area contributed by atoms with Gasteiger partial charge in [0.25, 0.3) is 0 Å². The van der Waals surface area contributed by atoms with Crippen LogP contribution >= 0.6 is 0 Å². The van der Waals surface area contributed by atoms with Crippen LogP contribution < -0.4 is 9.62 Å². The zero-order chi connectivity index (χ0) is 24.8. The molecule has 2 rings (SSSR count). The van der Waals surface area contributed by atoms with Crippen LogP contribution in [0.3, 0.4) is 0 Å². The Morgan fingerprint density at radius 1 is 0.939 bits per heavy atom. The maximum atomic E-state index is 13.6. The fourth-order valence-electron chi connectivity index (χ4n) is 3.81. The number of carbonyl (C=O) groups is 2. The Balaban J connectivity index is 2.45. The van der Waals surface area contributed by atoms with Gasteiger partial charge >= 0.3 is 0 Å². The van der Waals surface area contributed by atoms with Crippen LogP contribution in [-0.4, -0.2) is 50.5 Å². The molecule has 7 nitrogen and oxygen atoms in total. The van der Waals surface area contributed by atoms with Gasteiger partial charge in [0.05, 0.1) is 11.9 Å². The van der Waals surface area contributed by atoms with Gasteiger partial charge in [-0.15, -0.1) is 0 Å². The summed E-state index contributed by atoms with van der Waals surface area (Å²) in [6.45, 7) is 9.66. The molecule has 0 saturated heterocycles. The largest absolute Gasteiger partial charge is 0.355 e. The molecule has 0 aliphatic carbocycles. The van der Waals surface area contributed by atoms with E-state index in [-0.39, 0.29) is 19.0 Å². The highest BCUT2D eigenvalue weighted by Gasteiger charge is 2.31. The molecule has 1 unspecified atom stereocenters. The van der Waals surface area contributed by atoms with E-state index in [1.165, 1.54) is 4.90 Å². The first-order chi connectivity index (χ1) is 15.5. The Kier molecular flexibility index (Phi) is 9.05. The number of anilines is 1. The summed E-state index contributed by atoms with van der Waals surface area (Å²) in [5, 5.41) is 2.79. The first-order valence-corrected chi connectivity index (χ1v) is 13.0. The Morgan fingerprint density at radius 2 is 1.52 bits per heavy atom. The maximum Gasteiger partial charge on any atom is 0.244 e. The number of likely N-dealkylation sites (N-methyl/N-ethyl adjacent to an activating group) is 1. The van der Waals surface area contributed by atoms with Crippen LogP contribution in [-0.2, 0) is 26.2 Å². The summed E-state index contributed by atoms with van der Waals surface area (Å²) < 4.78 is 26.4. The summed E-state index contributed by atoms with van der Waals surface area (Å²) >= 11 is 0. The normalized spacial score (nSPS) is 12.2. The average Bonchev–Trinajstić information content (AvgIpc) is 2.71. The van der Waals surface area contributed by atoms with Crippen molar-refractivity contribution in [3.63, 3.8) is 0 Å². The van der Waals surface area contributed by atoms with Gasteiger partial charge in [0, 0.05) is 13.1 Å². The lowest BCUT2D eigenvalue weighted by Gasteiger charge is -2.33. The molecule has 2 aromatic carbocycles. The van der Waals surface area contributed by atoms with Crippen molar-refractivity contribution in [1.29, 1.82) is 0 Å². The van der Waals surface area contributed by atoms with Gasteiger partial charge in [-0.25, -0.2) is 8.42 Å². The molecule has 0 aliphatic heterocycles. The van der Waals surface area contributed by atoms with Gasteiger partial charge in [0.15, 0.2) is 0 Å². The molecule has 180 valence electrons. The Hall–Kier alpha value is -2.87. The van der Waals surface area contributed by atoms with Crippen LogP contribution in [0.25, 0.3) is 0 Å². The van der Waals surface area contributed by atoms with Crippen molar-refractivity contribution in [2.75, 3.05) is 23.7 Å².